The van der Waals surface area contributed by atoms with Crippen molar-refractivity contribution in [3.8, 4) is 11.3 Å². The predicted octanol–water partition coefficient (Wildman–Crippen LogP) is 10.4. The highest BCUT2D eigenvalue weighted by Crippen LogP contribution is 2.63. The number of amides is 1. The van der Waals surface area contributed by atoms with E-state index in [-0.39, 0.29) is 58.8 Å². The summed E-state index contributed by atoms with van der Waals surface area (Å²) >= 11 is 6.16. The van der Waals surface area contributed by atoms with Gasteiger partial charge in [-0.25, -0.2) is 14.2 Å². The van der Waals surface area contributed by atoms with Crippen molar-refractivity contribution in [2.75, 3.05) is 18.8 Å². The molecule has 50 heavy (non-hydrogen) atoms. The Morgan fingerprint density at radius 3 is 2.18 bits per heavy atom. The summed E-state index contributed by atoms with van der Waals surface area (Å²) < 4.78 is 75.6. The van der Waals surface area contributed by atoms with E-state index in [1.165, 1.54) is 0 Å². The number of piperidine rings is 1. The third kappa shape index (κ3) is 6.20. The average molecular weight is 735 g/mol. The summed E-state index contributed by atoms with van der Waals surface area (Å²) in [7, 11) is -2.28. The van der Waals surface area contributed by atoms with Gasteiger partial charge in [0, 0.05) is 47.4 Å². The monoisotopic (exact) mass is 734 g/mol. The van der Waals surface area contributed by atoms with Gasteiger partial charge >= 0.3 is 12.3 Å². The number of alkyl halides is 3. The average Bonchev–Trinajstić information content (AvgIpc) is 3.91. The van der Waals surface area contributed by atoms with E-state index in [1.807, 2.05) is 25.3 Å². The van der Waals surface area contributed by atoms with Gasteiger partial charge in [-0.3, -0.25) is 0 Å². The summed E-state index contributed by atoms with van der Waals surface area (Å²) in [5.41, 5.74) is 6.22. The van der Waals surface area contributed by atoms with E-state index in [0.29, 0.717) is 29.7 Å². The Morgan fingerprint density at radius 1 is 1.04 bits per heavy atom. The Balaban J connectivity index is 1.43. The lowest BCUT2D eigenvalue weighted by Crippen LogP contribution is -2.40. The molecule has 1 saturated heterocycles. The van der Waals surface area contributed by atoms with Gasteiger partial charge in [-0.1, -0.05) is 32.4 Å². The molecule has 3 aromatic rings. The Labute approximate surface area is 297 Å². The first-order chi connectivity index (χ1) is 23.1. The van der Waals surface area contributed by atoms with Crippen molar-refractivity contribution in [2.24, 2.45) is 11.8 Å². The molecule has 0 radical (unpaired) electrons. The van der Waals surface area contributed by atoms with E-state index >= 15 is 4.39 Å². The normalized spacial score (nSPS) is 22.7. The fourth-order valence-electron chi connectivity index (χ4n) is 7.54. The number of pyridine rings is 1. The van der Waals surface area contributed by atoms with Gasteiger partial charge in [0.2, 0.25) is 0 Å². The molecule has 4 fully saturated rings. The molecule has 2 aromatic heterocycles. The number of carbonyl (C=O) groups excluding carboxylic acids is 1. The van der Waals surface area contributed by atoms with Gasteiger partial charge in [0.15, 0.2) is 14.1 Å². The van der Waals surface area contributed by atoms with Gasteiger partial charge in [0.1, 0.15) is 11.3 Å². The lowest BCUT2D eigenvalue weighted by molar-refractivity contribution is -0.137. The summed E-state index contributed by atoms with van der Waals surface area (Å²) in [6, 6.07) is 2.16. The van der Waals surface area contributed by atoms with Gasteiger partial charge in [0.25, 0.3) is 0 Å². The summed E-state index contributed by atoms with van der Waals surface area (Å²) in [6.07, 6.45) is -1.93. The van der Waals surface area contributed by atoms with E-state index in [0.717, 1.165) is 49.1 Å². The highest BCUT2D eigenvalue weighted by atomic mass is 35.5. The number of hydrogen-bond donors (Lipinski definition) is 1. The first-order valence-electron chi connectivity index (χ1n) is 17.6. The van der Waals surface area contributed by atoms with Crippen LogP contribution in [0.15, 0.2) is 12.1 Å². The molecule has 0 spiro atoms. The number of nitrogens with two attached hydrogens (primary N) is 1. The third-order valence-electron chi connectivity index (χ3n) is 11.3. The van der Waals surface area contributed by atoms with Crippen molar-refractivity contribution in [3.63, 3.8) is 0 Å². The summed E-state index contributed by atoms with van der Waals surface area (Å²) in [4.78, 5) is 19.6. The first kappa shape index (κ1) is 35.6. The van der Waals surface area contributed by atoms with Crippen molar-refractivity contribution >= 4 is 42.6 Å². The van der Waals surface area contributed by atoms with Crippen LogP contribution in [0, 0.1) is 17.7 Å². The number of rotatable bonds is 7. The minimum absolute atomic E-state index is 0.00524. The fourth-order valence-corrected chi connectivity index (χ4v) is 8.81. The zero-order chi connectivity index (χ0) is 36.5. The molecule has 272 valence electrons. The summed E-state index contributed by atoms with van der Waals surface area (Å²) in [6.45, 7) is 17.7. The third-order valence-corrected chi connectivity index (χ3v) is 16.1. The maximum atomic E-state index is 17.4. The van der Waals surface area contributed by atoms with Crippen LogP contribution in [0.1, 0.15) is 108 Å². The van der Waals surface area contributed by atoms with Crippen LogP contribution in [0.4, 0.5) is 28.0 Å². The lowest BCUT2D eigenvalue weighted by Gasteiger charge is -2.36. The van der Waals surface area contributed by atoms with E-state index in [4.69, 9.17) is 31.5 Å². The van der Waals surface area contributed by atoms with Crippen molar-refractivity contribution in [1.29, 1.82) is 0 Å². The number of nitrogen functional groups attached to an aromatic ring is 1. The minimum atomic E-state index is -4.86. The number of halogens is 5. The van der Waals surface area contributed by atoms with E-state index in [1.54, 1.807) is 4.90 Å². The van der Waals surface area contributed by atoms with E-state index in [2.05, 4.69) is 33.9 Å². The summed E-state index contributed by atoms with van der Waals surface area (Å²) in [5, 5.41) is 0.0397. The molecular formula is C37H47ClF4N4O3Si. The van der Waals surface area contributed by atoms with Gasteiger partial charge in [-0.2, -0.15) is 13.2 Å². The van der Waals surface area contributed by atoms with Crippen LogP contribution < -0.4 is 5.73 Å². The Kier molecular flexibility index (Phi) is 8.24. The molecule has 3 heterocycles. The van der Waals surface area contributed by atoms with Crippen molar-refractivity contribution in [2.45, 2.75) is 122 Å². The number of fused-ring (bicyclic) bond motifs is 2. The number of likely N-dealkylation sites (tertiary alicyclic amines) is 1. The van der Waals surface area contributed by atoms with Crippen LogP contribution in [0.2, 0.25) is 23.2 Å². The first-order valence-corrected chi connectivity index (χ1v) is 20.9. The highest BCUT2D eigenvalue weighted by molar-refractivity contribution is 6.74. The van der Waals surface area contributed by atoms with Crippen molar-refractivity contribution < 1.29 is 31.5 Å². The predicted molar refractivity (Wildman–Crippen MR) is 189 cm³/mol. The quantitative estimate of drug-likeness (QED) is 0.148. The fraction of sp³-hybridized carbons (Fsp3) is 0.622. The lowest BCUT2D eigenvalue weighted by atomic mass is 9.96. The molecule has 13 heteroatoms. The summed E-state index contributed by atoms with van der Waals surface area (Å²) in [5.74, 6) is -0.489. The number of benzene rings is 1. The van der Waals surface area contributed by atoms with E-state index in [9.17, 15) is 18.0 Å². The standard InChI is InChI=1S/C37H47ClF4N4O3Si/c1-35(2,3)49-34(47)45-15-22-23(16-45)26(22)27-25(17-48-50(7,8)36(4,5)6)46(20-11-12-20)33-28(27)31(18-9-10-18)44-32(30(33)39)21-13-19(43)14-24(38)29(21)37(40,41)42/h13-14,18,20,22-23,26H,9-12,15-17,43H2,1-8H3. The molecule has 3 aliphatic carbocycles. The molecule has 1 aromatic carbocycles. The number of aromatic nitrogens is 2. The van der Waals surface area contributed by atoms with Crippen molar-refractivity contribution in [1.82, 2.24) is 14.5 Å². The van der Waals surface area contributed by atoms with Crippen LogP contribution in [0.25, 0.3) is 22.2 Å². The minimum Gasteiger partial charge on any atom is -0.444 e. The zero-order valence-electron chi connectivity index (χ0n) is 30.0. The topological polar surface area (TPSA) is 82.6 Å². The maximum Gasteiger partial charge on any atom is 0.418 e. The van der Waals surface area contributed by atoms with E-state index < -0.39 is 42.1 Å². The Morgan fingerprint density at radius 2 is 1.66 bits per heavy atom. The van der Waals surface area contributed by atoms with Gasteiger partial charge < -0.3 is 24.4 Å². The Bertz CT molecular complexity index is 1880. The number of hydrogen-bond acceptors (Lipinski definition) is 5. The van der Waals surface area contributed by atoms with Crippen LogP contribution in [0.3, 0.4) is 0 Å². The molecule has 2 unspecified atom stereocenters. The number of ether oxygens (including phenoxy) is 1. The molecule has 7 nitrogen and oxygen atoms in total. The zero-order valence-corrected chi connectivity index (χ0v) is 31.8. The van der Waals surface area contributed by atoms with Gasteiger partial charge in [0.05, 0.1) is 28.4 Å². The second-order valence-corrected chi connectivity index (χ2v) is 22.5. The number of anilines is 1. The molecule has 0 bridgehead atoms. The molecule has 4 aliphatic rings. The molecule has 2 N–H and O–H groups in total. The van der Waals surface area contributed by atoms with Crippen LogP contribution >= 0.6 is 11.6 Å². The maximum absolute atomic E-state index is 17.4. The Hall–Kier alpha value is -2.83. The smallest absolute Gasteiger partial charge is 0.418 e. The van der Waals surface area contributed by atoms with Crippen molar-refractivity contribution in [3.05, 3.63) is 45.5 Å². The second kappa shape index (κ2) is 11.6. The number of nitrogens with zero attached hydrogens (tertiary/aromatic N) is 3. The SMILES string of the molecule is CC(C)(C)OC(=O)N1CC2C(C1)C2c1c(CO[Si](C)(C)C(C)(C)C)n(C2CC2)c2c(F)c(-c3cc(N)cc(Cl)c3C(F)(F)F)nc(C3CC3)c12. The largest absolute Gasteiger partial charge is 0.444 e. The molecule has 1 aliphatic heterocycles. The number of carbonyl (C=O) groups is 1. The molecule has 1 amide bonds. The van der Waals surface area contributed by atoms with Gasteiger partial charge in [-0.05, 0) is 100 Å². The molecular weight excluding hydrogens is 688 g/mol. The van der Waals surface area contributed by atoms with Gasteiger partial charge in [-0.15, -0.1) is 0 Å². The van der Waals surface area contributed by atoms with Crippen LogP contribution in [-0.4, -0.2) is 47.6 Å². The molecule has 3 saturated carbocycles. The van der Waals surface area contributed by atoms with Crippen LogP contribution in [0.5, 0.6) is 0 Å². The second-order valence-electron chi connectivity index (χ2n) is 17.3. The molecule has 2 atom stereocenters. The van der Waals surface area contributed by atoms with Crippen LogP contribution in [-0.2, 0) is 21.9 Å². The molecule has 7 rings (SSSR count). The highest BCUT2D eigenvalue weighted by Gasteiger charge is 2.60.